The normalized spacial score (nSPS) is 24.4. The molecule has 25 heavy (non-hydrogen) atoms. The van der Waals surface area contributed by atoms with Crippen LogP contribution in [0.3, 0.4) is 0 Å². The highest BCUT2D eigenvalue weighted by molar-refractivity contribution is 7.86. The fourth-order valence-corrected chi connectivity index (χ4v) is 3.39. The van der Waals surface area contributed by atoms with Gasteiger partial charge in [-0.2, -0.15) is 16.8 Å². The van der Waals surface area contributed by atoms with Crippen molar-refractivity contribution in [2.45, 2.75) is 25.4 Å². The van der Waals surface area contributed by atoms with Crippen molar-refractivity contribution in [3.8, 4) is 0 Å². The molecule has 1 aliphatic heterocycles. The van der Waals surface area contributed by atoms with Crippen LogP contribution in [-0.4, -0.2) is 60.2 Å². The predicted molar refractivity (Wildman–Crippen MR) is 88.9 cm³/mol. The summed E-state index contributed by atoms with van der Waals surface area (Å²) in [6, 6.07) is 8.47. The van der Waals surface area contributed by atoms with Crippen LogP contribution >= 0.6 is 0 Å². The monoisotopic (exact) mass is 393 g/mol. The lowest BCUT2D eigenvalue weighted by Crippen LogP contribution is -2.52. The van der Waals surface area contributed by atoms with Gasteiger partial charge < -0.3 is 9.57 Å². The molecule has 0 aromatic heterocycles. The van der Waals surface area contributed by atoms with E-state index in [4.69, 9.17) is 17.9 Å². The predicted octanol–water partition coefficient (Wildman–Crippen LogP) is 0.473. The summed E-state index contributed by atoms with van der Waals surface area (Å²) in [4.78, 5) is 5.19. The second-order valence-corrected chi connectivity index (χ2v) is 8.46. The minimum atomic E-state index is -3.96. The lowest BCUT2D eigenvalue weighted by atomic mass is 10.0. The SMILES string of the molecule is CCO[C@@H]1ON=C(c2ccccc2)[C@@H](OS(C)(=O)=O)[C@H]1OS(C)(=O)=O. The number of benzene rings is 1. The molecule has 0 saturated carbocycles. The smallest absolute Gasteiger partial charge is 0.265 e. The van der Waals surface area contributed by atoms with Gasteiger partial charge in [0.05, 0.1) is 12.5 Å². The van der Waals surface area contributed by atoms with Crippen molar-refractivity contribution in [3.05, 3.63) is 35.9 Å². The van der Waals surface area contributed by atoms with Crippen LogP contribution < -0.4 is 0 Å². The third-order valence-electron chi connectivity index (χ3n) is 3.06. The van der Waals surface area contributed by atoms with Crippen molar-refractivity contribution in [2.24, 2.45) is 5.16 Å². The molecule has 0 spiro atoms. The Labute approximate surface area is 146 Å². The van der Waals surface area contributed by atoms with E-state index in [0.29, 0.717) is 5.56 Å². The number of nitrogens with zero attached hydrogens (tertiary/aromatic N) is 1. The Morgan fingerprint density at radius 3 is 2.16 bits per heavy atom. The molecule has 1 aromatic rings. The van der Waals surface area contributed by atoms with E-state index in [1.807, 2.05) is 0 Å². The summed E-state index contributed by atoms with van der Waals surface area (Å²) in [5.41, 5.74) is 0.573. The van der Waals surface area contributed by atoms with Gasteiger partial charge in [-0.3, -0.25) is 8.37 Å². The van der Waals surface area contributed by atoms with Crippen molar-refractivity contribution in [1.29, 1.82) is 0 Å². The van der Waals surface area contributed by atoms with Gasteiger partial charge in [-0.25, -0.2) is 0 Å². The summed E-state index contributed by atoms with van der Waals surface area (Å²) in [6.07, 6.45) is -2.33. The molecule has 1 aliphatic rings. The Bertz CT molecular complexity index is 820. The third-order valence-corrected chi connectivity index (χ3v) is 4.18. The molecule has 0 aliphatic carbocycles. The lowest BCUT2D eigenvalue weighted by molar-refractivity contribution is -0.204. The Morgan fingerprint density at radius 2 is 1.64 bits per heavy atom. The standard InChI is InChI=1S/C14H19NO8S2/c1-4-20-14-13(23-25(3,18)19)12(22-24(2,16)17)11(15-21-14)10-8-6-5-7-9-10/h5-9,12-14H,4H2,1-3H3/t12-,13-,14-/m1/s1. The minimum Gasteiger partial charge on any atom is -0.360 e. The topological polar surface area (TPSA) is 118 Å². The largest absolute Gasteiger partial charge is 0.360 e. The van der Waals surface area contributed by atoms with Crippen molar-refractivity contribution >= 4 is 25.9 Å². The molecule has 140 valence electrons. The van der Waals surface area contributed by atoms with E-state index in [-0.39, 0.29) is 12.3 Å². The van der Waals surface area contributed by atoms with Gasteiger partial charge in [0.1, 0.15) is 5.71 Å². The molecular formula is C14H19NO8S2. The summed E-state index contributed by atoms with van der Waals surface area (Å²) in [6.45, 7) is 1.82. The van der Waals surface area contributed by atoms with Crippen molar-refractivity contribution < 1.29 is 34.8 Å². The second-order valence-electron chi connectivity index (χ2n) is 5.26. The third kappa shape index (κ3) is 5.75. The van der Waals surface area contributed by atoms with Crippen molar-refractivity contribution in [3.63, 3.8) is 0 Å². The molecule has 9 nitrogen and oxygen atoms in total. The van der Waals surface area contributed by atoms with Crippen LogP contribution in [-0.2, 0) is 38.2 Å². The summed E-state index contributed by atoms with van der Waals surface area (Å²) in [5.74, 6) is 0. The minimum absolute atomic E-state index is 0.0793. The van der Waals surface area contributed by atoms with Gasteiger partial charge in [0.25, 0.3) is 26.5 Å². The van der Waals surface area contributed by atoms with Gasteiger partial charge in [0, 0.05) is 12.2 Å². The zero-order chi connectivity index (χ0) is 18.7. The number of ether oxygens (including phenoxy) is 1. The van der Waals surface area contributed by atoms with Crippen molar-refractivity contribution in [1.82, 2.24) is 0 Å². The van der Waals surface area contributed by atoms with E-state index in [9.17, 15) is 16.8 Å². The summed E-state index contributed by atoms with van der Waals surface area (Å²) in [5, 5.41) is 3.87. The van der Waals surface area contributed by atoms with Gasteiger partial charge in [0.15, 0.2) is 12.2 Å². The van der Waals surface area contributed by atoms with Crippen molar-refractivity contribution in [2.75, 3.05) is 19.1 Å². The van der Waals surface area contributed by atoms with Gasteiger partial charge in [-0.1, -0.05) is 35.5 Å². The summed E-state index contributed by atoms with van der Waals surface area (Å²) >= 11 is 0. The number of hydrogen-bond acceptors (Lipinski definition) is 9. The van der Waals surface area contributed by atoms with Crippen LogP contribution in [0, 0.1) is 0 Å². The molecule has 1 heterocycles. The summed E-state index contributed by atoms with van der Waals surface area (Å²) in [7, 11) is -7.92. The highest BCUT2D eigenvalue weighted by atomic mass is 32.2. The average molecular weight is 393 g/mol. The van der Waals surface area contributed by atoms with Gasteiger partial charge in [-0.15, -0.1) is 0 Å². The Kier molecular flexibility index (Phi) is 6.16. The maximum atomic E-state index is 11.7. The van der Waals surface area contributed by atoms with E-state index in [0.717, 1.165) is 12.5 Å². The molecule has 1 aromatic carbocycles. The van der Waals surface area contributed by atoms with Gasteiger partial charge in [0.2, 0.25) is 0 Å². The van der Waals surface area contributed by atoms with E-state index in [1.54, 1.807) is 37.3 Å². The van der Waals surface area contributed by atoms with Gasteiger partial charge >= 0.3 is 0 Å². The molecule has 0 radical (unpaired) electrons. The van der Waals surface area contributed by atoms with Crippen LogP contribution in [0.25, 0.3) is 0 Å². The Morgan fingerprint density at radius 1 is 1.04 bits per heavy atom. The van der Waals surface area contributed by atoms with E-state index in [1.165, 1.54) is 0 Å². The number of rotatable bonds is 7. The highest BCUT2D eigenvalue weighted by Gasteiger charge is 2.45. The molecule has 11 heteroatoms. The zero-order valence-corrected chi connectivity index (χ0v) is 15.5. The van der Waals surface area contributed by atoms with Crippen LogP contribution in [0.5, 0.6) is 0 Å². The molecule has 3 atom stereocenters. The average Bonchev–Trinajstić information content (AvgIpc) is 2.49. The maximum Gasteiger partial charge on any atom is 0.265 e. The number of hydrogen-bond donors (Lipinski definition) is 0. The molecule has 2 rings (SSSR count). The van der Waals surface area contributed by atoms with Crippen LogP contribution in [0.2, 0.25) is 0 Å². The molecular weight excluding hydrogens is 374 g/mol. The van der Waals surface area contributed by atoms with E-state index in [2.05, 4.69) is 5.16 Å². The van der Waals surface area contributed by atoms with E-state index >= 15 is 0 Å². The molecule has 0 amide bonds. The van der Waals surface area contributed by atoms with E-state index < -0.39 is 38.7 Å². The Balaban J connectivity index is 2.51. The first-order valence-electron chi connectivity index (χ1n) is 7.28. The molecule has 0 N–H and O–H groups in total. The molecule has 0 unspecified atom stereocenters. The van der Waals surface area contributed by atoms with Gasteiger partial charge in [-0.05, 0) is 6.92 Å². The first-order valence-corrected chi connectivity index (χ1v) is 10.9. The van der Waals surface area contributed by atoms with Crippen LogP contribution in [0.4, 0.5) is 0 Å². The molecule has 0 fully saturated rings. The number of oxime groups is 1. The molecule has 0 bridgehead atoms. The quantitative estimate of drug-likeness (QED) is 0.614. The summed E-state index contributed by atoms with van der Waals surface area (Å²) < 4.78 is 62.0. The highest BCUT2D eigenvalue weighted by Crippen LogP contribution is 2.26. The Hall–Kier alpha value is -1.53. The first kappa shape index (κ1) is 19.8. The molecule has 0 saturated heterocycles. The first-order chi connectivity index (χ1) is 11.6. The lowest BCUT2D eigenvalue weighted by Gasteiger charge is -2.34. The fraction of sp³-hybridized carbons (Fsp3) is 0.500. The fourth-order valence-electron chi connectivity index (χ4n) is 2.22. The second kappa shape index (κ2) is 7.79. The van der Waals surface area contributed by atoms with Crippen LogP contribution in [0.15, 0.2) is 35.5 Å². The zero-order valence-electron chi connectivity index (χ0n) is 13.9. The maximum absolute atomic E-state index is 11.7. The van der Waals surface area contributed by atoms with Crippen LogP contribution in [0.1, 0.15) is 12.5 Å².